The van der Waals surface area contributed by atoms with Crippen LogP contribution in [0.15, 0.2) is 36.8 Å². The van der Waals surface area contributed by atoms with Crippen molar-refractivity contribution in [3.63, 3.8) is 0 Å². The summed E-state index contributed by atoms with van der Waals surface area (Å²) in [6.07, 6.45) is 7.08. The molecule has 4 heterocycles. The number of hydrogen-bond acceptors (Lipinski definition) is 4. The van der Waals surface area contributed by atoms with Gasteiger partial charge in [-0.25, -0.2) is 0 Å². The first kappa shape index (κ1) is 15.8. The van der Waals surface area contributed by atoms with Gasteiger partial charge in [-0.3, -0.25) is 19.3 Å². The number of carbonyl (C=O) groups is 2. The van der Waals surface area contributed by atoms with Gasteiger partial charge in [0.2, 0.25) is 11.8 Å². The van der Waals surface area contributed by atoms with Crippen molar-refractivity contribution in [2.75, 3.05) is 24.5 Å². The molecule has 4 rings (SSSR count). The molecule has 0 aromatic carbocycles. The van der Waals surface area contributed by atoms with Crippen molar-refractivity contribution in [3.8, 4) is 0 Å². The van der Waals surface area contributed by atoms with E-state index < -0.39 is 5.41 Å². The Bertz CT molecular complexity index is 803. The number of aromatic nitrogens is 3. The molecule has 7 nitrogen and oxygen atoms in total. The van der Waals surface area contributed by atoms with Gasteiger partial charge in [-0.1, -0.05) is 6.07 Å². The minimum Gasteiger partial charge on any atom is -0.341 e. The van der Waals surface area contributed by atoms with Gasteiger partial charge in [-0.2, -0.15) is 5.10 Å². The van der Waals surface area contributed by atoms with Crippen LogP contribution >= 0.6 is 0 Å². The molecule has 25 heavy (non-hydrogen) atoms. The van der Waals surface area contributed by atoms with E-state index in [0.717, 1.165) is 24.2 Å². The fraction of sp³-hybridized carbons (Fsp3) is 0.444. The van der Waals surface area contributed by atoms with E-state index in [4.69, 9.17) is 0 Å². The Morgan fingerprint density at radius 1 is 1.28 bits per heavy atom. The quantitative estimate of drug-likeness (QED) is 0.837. The predicted octanol–water partition coefficient (Wildman–Crippen LogP) is 1.01. The second-order valence-electron chi connectivity index (χ2n) is 6.92. The molecule has 0 N–H and O–H groups in total. The molecular formula is C18H21N5O2. The maximum atomic E-state index is 13.0. The van der Waals surface area contributed by atoms with Gasteiger partial charge in [0.25, 0.3) is 0 Å². The van der Waals surface area contributed by atoms with Crippen LogP contribution in [0.5, 0.6) is 0 Å². The third-order valence-corrected chi connectivity index (χ3v) is 5.28. The largest absolute Gasteiger partial charge is 0.341 e. The lowest BCUT2D eigenvalue weighted by molar-refractivity contribution is -0.130. The third-order valence-electron chi connectivity index (χ3n) is 5.28. The van der Waals surface area contributed by atoms with Crippen LogP contribution in [-0.2, 0) is 23.1 Å². The summed E-state index contributed by atoms with van der Waals surface area (Å²) in [5.74, 6) is 0.164. The average Bonchev–Trinajstić information content (AvgIpc) is 3.30. The van der Waals surface area contributed by atoms with Crippen LogP contribution in [0.3, 0.4) is 0 Å². The highest BCUT2D eigenvalue weighted by molar-refractivity contribution is 6.00. The van der Waals surface area contributed by atoms with Crippen molar-refractivity contribution in [1.82, 2.24) is 19.7 Å². The summed E-state index contributed by atoms with van der Waals surface area (Å²) in [6.45, 7) is 1.83. The fourth-order valence-electron chi connectivity index (χ4n) is 3.85. The number of aryl methyl sites for hydroxylation is 1. The van der Waals surface area contributed by atoms with Crippen molar-refractivity contribution in [2.45, 2.75) is 19.3 Å². The molecular weight excluding hydrogens is 318 g/mol. The molecule has 1 spiro atoms. The molecule has 2 aromatic heterocycles. The molecule has 0 saturated carbocycles. The standard InChI is InChI=1S/C18H21N5O2/c1-21-12-15(11-20-21)23-9-6-18(17(23)25)5-8-22(13-18)16(24)10-14-4-2-3-7-19-14/h2-4,7,11-12H,5-6,8-10,13H2,1H3/t18-/m1/s1. The molecule has 2 saturated heterocycles. The zero-order valence-corrected chi connectivity index (χ0v) is 14.3. The van der Waals surface area contributed by atoms with Crippen molar-refractivity contribution in [2.24, 2.45) is 12.5 Å². The third kappa shape index (κ3) is 2.79. The molecule has 0 radical (unpaired) electrons. The highest BCUT2D eigenvalue weighted by Gasteiger charge is 2.52. The van der Waals surface area contributed by atoms with Crippen LogP contribution in [-0.4, -0.2) is 51.1 Å². The van der Waals surface area contributed by atoms with Gasteiger partial charge in [-0.05, 0) is 25.0 Å². The summed E-state index contributed by atoms with van der Waals surface area (Å²) in [6, 6.07) is 5.57. The maximum absolute atomic E-state index is 13.0. The summed E-state index contributed by atoms with van der Waals surface area (Å²) < 4.78 is 1.70. The van der Waals surface area contributed by atoms with Crippen molar-refractivity contribution in [1.29, 1.82) is 0 Å². The highest BCUT2D eigenvalue weighted by Crippen LogP contribution is 2.42. The number of anilines is 1. The minimum atomic E-state index is -0.435. The van der Waals surface area contributed by atoms with E-state index in [9.17, 15) is 9.59 Å². The monoisotopic (exact) mass is 339 g/mol. The van der Waals surface area contributed by atoms with E-state index >= 15 is 0 Å². The zero-order chi connectivity index (χ0) is 17.4. The second kappa shape index (κ2) is 5.98. The number of pyridine rings is 1. The Hall–Kier alpha value is -2.70. The number of rotatable bonds is 3. The van der Waals surface area contributed by atoms with Gasteiger partial charge in [0, 0.05) is 44.8 Å². The molecule has 1 atom stereocenters. The summed E-state index contributed by atoms with van der Waals surface area (Å²) >= 11 is 0. The SMILES string of the molecule is Cn1cc(N2CC[C@@]3(CCN(C(=O)Cc4ccccn4)C3)C2=O)cn1. The van der Waals surface area contributed by atoms with E-state index in [1.54, 1.807) is 22.0 Å². The lowest BCUT2D eigenvalue weighted by Crippen LogP contribution is -2.38. The van der Waals surface area contributed by atoms with E-state index in [2.05, 4.69) is 10.1 Å². The lowest BCUT2D eigenvalue weighted by Gasteiger charge is -2.23. The number of amides is 2. The Morgan fingerprint density at radius 3 is 2.84 bits per heavy atom. The molecule has 2 aliphatic rings. The van der Waals surface area contributed by atoms with E-state index in [1.807, 2.05) is 36.3 Å². The van der Waals surface area contributed by atoms with Gasteiger partial charge < -0.3 is 9.80 Å². The van der Waals surface area contributed by atoms with Gasteiger partial charge in [0.05, 0.1) is 23.7 Å². The minimum absolute atomic E-state index is 0.0446. The number of carbonyl (C=O) groups excluding carboxylic acids is 2. The van der Waals surface area contributed by atoms with Crippen LogP contribution in [0.25, 0.3) is 0 Å². The molecule has 2 fully saturated rings. The molecule has 0 bridgehead atoms. The topological polar surface area (TPSA) is 71.3 Å². The Morgan fingerprint density at radius 2 is 2.12 bits per heavy atom. The Balaban J connectivity index is 1.45. The van der Waals surface area contributed by atoms with Crippen molar-refractivity contribution >= 4 is 17.5 Å². The fourth-order valence-corrected chi connectivity index (χ4v) is 3.85. The number of hydrogen-bond donors (Lipinski definition) is 0. The molecule has 0 aliphatic carbocycles. The van der Waals surface area contributed by atoms with Gasteiger partial charge >= 0.3 is 0 Å². The second-order valence-corrected chi connectivity index (χ2v) is 6.92. The molecule has 2 aromatic rings. The molecule has 0 unspecified atom stereocenters. The molecule has 7 heteroatoms. The van der Waals surface area contributed by atoms with Gasteiger partial charge in [-0.15, -0.1) is 0 Å². The first-order chi connectivity index (χ1) is 12.1. The highest BCUT2D eigenvalue weighted by atomic mass is 16.2. The van der Waals surface area contributed by atoms with Crippen LogP contribution in [0.2, 0.25) is 0 Å². The van der Waals surface area contributed by atoms with E-state index in [0.29, 0.717) is 19.6 Å². The van der Waals surface area contributed by atoms with E-state index in [1.165, 1.54) is 0 Å². The number of likely N-dealkylation sites (tertiary alicyclic amines) is 1. The van der Waals surface area contributed by atoms with E-state index in [-0.39, 0.29) is 18.2 Å². The Kier molecular flexibility index (Phi) is 3.78. The lowest BCUT2D eigenvalue weighted by atomic mass is 9.85. The summed E-state index contributed by atoms with van der Waals surface area (Å²) in [7, 11) is 1.84. The normalized spacial score (nSPS) is 23.0. The number of nitrogens with zero attached hydrogens (tertiary/aromatic N) is 5. The first-order valence-electron chi connectivity index (χ1n) is 8.56. The summed E-state index contributed by atoms with van der Waals surface area (Å²) in [5, 5.41) is 4.15. The van der Waals surface area contributed by atoms with Gasteiger partial charge in [0.1, 0.15) is 0 Å². The molecule has 130 valence electrons. The van der Waals surface area contributed by atoms with Crippen LogP contribution in [0, 0.1) is 5.41 Å². The summed E-state index contributed by atoms with van der Waals surface area (Å²) in [4.78, 5) is 33.4. The molecule has 2 amide bonds. The van der Waals surface area contributed by atoms with Crippen LogP contribution in [0.1, 0.15) is 18.5 Å². The van der Waals surface area contributed by atoms with Crippen molar-refractivity contribution < 1.29 is 9.59 Å². The van der Waals surface area contributed by atoms with Gasteiger partial charge in [0.15, 0.2) is 0 Å². The Labute approximate surface area is 146 Å². The first-order valence-corrected chi connectivity index (χ1v) is 8.56. The molecule has 2 aliphatic heterocycles. The zero-order valence-electron chi connectivity index (χ0n) is 14.3. The average molecular weight is 339 g/mol. The smallest absolute Gasteiger partial charge is 0.235 e. The maximum Gasteiger partial charge on any atom is 0.235 e. The van der Waals surface area contributed by atoms with Crippen LogP contribution < -0.4 is 4.90 Å². The van der Waals surface area contributed by atoms with Crippen molar-refractivity contribution in [3.05, 3.63) is 42.5 Å². The van der Waals surface area contributed by atoms with Crippen LogP contribution in [0.4, 0.5) is 5.69 Å². The predicted molar refractivity (Wildman–Crippen MR) is 91.7 cm³/mol. The summed E-state index contributed by atoms with van der Waals surface area (Å²) in [5.41, 5.74) is 1.17.